The second kappa shape index (κ2) is 61.7. The van der Waals surface area contributed by atoms with E-state index in [0.29, 0.717) is 17.4 Å². The number of phosphoric ester groups is 1. The van der Waals surface area contributed by atoms with E-state index in [1.54, 1.807) is 6.08 Å². The lowest BCUT2D eigenvalue weighted by molar-refractivity contribution is -0.870. The molecule has 3 atom stereocenters. The molecule has 0 saturated heterocycles. The Morgan fingerprint density at radius 2 is 0.741 bits per heavy atom. The first-order chi connectivity index (χ1) is 39.5. The topological polar surface area (TPSA) is 105 Å². The number of quaternary nitrogens is 1. The van der Waals surface area contributed by atoms with Gasteiger partial charge < -0.3 is 19.8 Å². The zero-order valence-corrected chi connectivity index (χ0v) is 54.4. The van der Waals surface area contributed by atoms with Crippen LogP contribution in [0.1, 0.15) is 290 Å². The number of rotatable bonds is 61. The highest BCUT2D eigenvalue weighted by atomic mass is 31.2. The molecule has 0 aliphatic rings. The third kappa shape index (κ3) is 64.6. The Bertz CT molecular complexity index is 1690. The Kier molecular flexibility index (Phi) is 59.5. The number of allylic oxidation sites excluding steroid dienone is 17. The molecular formula is C72H130N2O6P+. The van der Waals surface area contributed by atoms with Crippen LogP contribution in [0.4, 0.5) is 0 Å². The highest BCUT2D eigenvalue weighted by Gasteiger charge is 2.28. The van der Waals surface area contributed by atoms with Crippen molar-refractivity contribution in [2.24, 2.45) is 0 Å². The molecule has 0 aromatic rings. The lowest BCUT2D eigenvalue weighted by atomic mass is 10.0. The quantitative estimate of drug-likeness (QED) is 0.0243. The first kappa shape index (κ1) is 78.2. The van der Waals surface area contributed by atoms with E-state index in [1.807, 2.05) is 27.2 Å². The van der Waals surface area contributed by atoms with Crippen LogP contribution in [0.5, 0.6) is 0 Å². The van der Waals surface area contributed by atoms with Crippen LogP contribution in [-0.4, -0.2) is 73.4 Å². The van der Waals surface area contributed by atoms with Crippen molar-refractivity contribution >= 4 is 13.7 Å². The number of nitrogens with one attached hydrogen (secondary N) is 1. The number of hydrogen-bond donors (Lipinski definition) is 3. The van der Waals surface area contributed by atoms with Gasteiger partial charge in [0.15, 0.2) is 0 Å². The number of phosphoric acid groups is 1. The second-order valence-corrected chi connectivity index (χ2v) is 25.3. The normalized spacial score (nSPS) is 14.4. The highest BCUT2D eigenvalue weighted by Crippen LogP contribution is 2.43. The molecule has 468 valence electrons. The van der Waals surface area contributed by atoms with Crippen LogP contribution in [0.2, 0.25) is 0 Å². The Labute approximate surface area is 501 Å². The number of nitrogens with zero attached hydrogens (tertiary/aromatic N) is 1. The summed E-state index contributed by atoms with van der Waals surface area (Å²) in [6, 6.07) is -0.853. The molecule has 0 heterocycles. The van der Waals surface area contributed by atoms with Crippen LogP contribution in [0.15, 0.2) is 109 Å². The fraction of sp³-hybridized carbons (Fsp3) is 0.736. The predicted molar refractivity (Wildman–Crippen MR) is 355 cm³/mol. The largest absolute Gasteiger partial charge is 0.472 e. The van der Waals surface area contributed by atoms with Gasteiger partial charge in [-0.15, -0.1) is 0 Å². The van der Waals surface area contributed by atoms with Crippen molar-refractivity contribution < 1.29 is 32.9 Å². The number of aliphatic hydroxyl groups is 1. The lowest BCUT2D eigenvalue weighted by Crippen LogP contribution is -2.45. The van der Waals surface area contributed by atoms with Crippen molar-refractivity contribution in [3.63, 3.8) is 0 Å². The first-order valence-corrected chi connectivity index (χ1v) is 35.3. The molecule has 81 heavy (non-hydrogen) atoms. The van der Waals surface area contributed by atoms with Crippen LogP contribution in [-0.2, 0) is 18.4 Å². The molecule has 3 unspecified atom stereocenters. The van der Waals surface area contributed by atoms with Gasteiger partial charge in [-0.25, -0.2) is 4.57 Å². The van der Waals surface area contributed by atoms with Crippen LogP contribution in [0, 0.1) is 0 Å². The van der Waals surface area contributed by atoms with Gasteiger partial charge in [-0.3, -0.25) is 13.8 Å². The first-order valence-electron chi connectivity index (χ1n) is 33.8. The van der Waals surface area contributed by atoms with Gasteiger partial charge >= 0.3 is 7.82 Å². The van der Waals surface area contributed by atoms with Crippen molar-refractivity contribution in [2.45, 2.75) is 302 Å². The van der Waals surface area contributed by atoms with E-state index in [2.05, 4.69) is 116 Å². The van der Waals surface area contributed by atoms with Gasteiger partial charge in [0.2, 0.25) is 5.91 Å². The van der Waals surface area contributed by atoms with E-state index in [-0.39, 0.29) is 19.1 Å². The summed E-state index contributed by atoms with van der Waals surface area (Å²) in [6.07, 6.45) is 90.7. The van der Waals surface area contributed by atoms with Gasteiger partial charge in [-0.1, -0.05) is 309 Å². The maximum atomic E-state index is 13.0. The Balaban J connectivity index is 4.07. The van der Waals surface area contributed by atoms with Crippen molar-refractivity contribution in [1.82, 2.24) is 5.32 Å². The Morgan fingerprint density at radius 3 is 1.09 bits per heavy atom. The zero-order chi connectivity index (χ0) is 59.1. The minimum absolute atomic E-state index is 0.0585. The summed E-state index contributed by atoms with van der Waals surface area (Å²) in [6.45, 7) is 4.72. The van der Waals surface area contributed by atoms with Crippen LogP contribution < -0.4 is 5.32 Å². The average molecular weight is 1150 g/mol. The summed E-state index contributed by atoms with van der Waals surface area (Å²) < 4.78 is 23.8. The van der Waals surface area contributed by atoms with E-state index < -0.39 is 20.0 Å². The van der Waals surface area contributed by atoms with Gasteiger partial charge in [-0.2, -0.15) is 0 Å². The van der Waals surface area contributed by atoms with E-state index in [4.69, 9.17) is 9.05 Å². The van der Waals surface area contributed by atoms with Gasteiger partial charge in [-0.05, 0) is 83.5 Å². The molecule has 0 fully saturated rings. The third-order valence-corrected chi connectivity index (χ3v) is 15.7. The Hall–Kier alpha value is -2.84. The number of carbonyl (C=O) groups excluding carboxylic acids is 1. The molecule has 0 radical (unpaired) electrons. The van der Waals surface area contributed by atoms with Crippen LogP contribution >= 0.6 is 7.82 Å². The molecule has 0 aliphatic heterocycles. The SMILES string of the molecule is CC/C=C\C/C=C\C/C=C\C/C=C\C/C=C\C/C=C\C/C=C\C/C=C\CCCCCCCCCCCCCCCCC(=O)NC(COP(=O)(O)OCC[N+](C)(C)C)C(O)/C=C/CCCCCCCCCCCCCCCCCCCC. The second-order valence-electron chi connectivity index (χ2n) is 23.8. The third-order valence-electron chi connectivity index (χ3n) is 14.7. The van der Waals surface area contributed by atoms with Crippen LogP contribution in [0.3, 0.4) is 0 Å². The summed E-state index contributed by atoms with van der Waals surface area (Å²) in [5.74, 6) is -0.178. The molecular weight excluding hydrogens is 1020 g/mol. The van der Waals surface area contributed by atoms with E-state index in [1.165, 1.54) is 180 Å². The molecule has 0 rings (SSSR count). The van der Waals surface area contributed by atoms with Crippen molar-refractivity contribution in [1.29, 1.82) is 0 Å². The number of aliphatic hydroxyl groups excluding tert-OH is 1. The molecule has 0 aliphatic carbocycles. The van der Waals surface area contributed by atoms with Crippen LogP contribution in [0.25, 0.3) is 0 Å². The summed E-state index contributed by atoms with van der Waals surface area (Å²) in [5.41, 5.74) is 0. The van der Waals surface area contributed by atoms with Gasteiger partial charge in [0.1, 0.15) is 13.2 Å². The molecule has 0 bridgehead atoms. The highest BCUT2D eigenvalue weighted by molar-refractivity contribution is 7.47. The molecule has 3 N–H and O–H groups in total. The summed E-state index contributed by atoms with van der Waals surface area (Å²) in [4.78, 5) is 23.4. The predicted octanol–water partition coefficient (Wildman–Crippen LogP) is 21.5. The maximum Gasteiger partial charge on any atom is 0.472 e. The van der Waals surface area contributed by atoms with Gasteiger partial charge in [0.25, 0.3) is 0 Å². The number of unbranched alkanes of at least 4 members (excludes halogenated alkanes) is 32. The summed E-state index contributed by atoms with van der Waals surface area (Å²) in [5, 5.41) is 14.0. The molecule has 0 spiro atoms. The average Bonchev–Trinajstić information content (AvgIpc) is 3.43. The summed E-state index contributed by atoms with van der Waals surface area (Å²) in [7, 11) is 1.57. The molecule has 9 heteroatoms. The Morgan fingerprint density at radius 1 is 0.432 bits per heavy atom. The number of carbonyl (C=O) groups is 1. The standard InChI is InChI=1S/C72H129N2O6P/c1-6-8-10-12-14-16-18-20-22-24-26-28-29-30-31-32-33-34-35-36-37-38-39-40-41-42-43-44-45-46-48-50-52-54-56-58-60-62-64-66-72(76)73-70(69-80-81(77,78)79-68-67-74(3,4)5)71(75)65-63-61-59-57-55-53-51-49-47-27-25-23-21-19-17-15-13-11-9-7-2/h8,10,14,16,20,22,26,28,30-31,33-34,36-37,39-40,63,65,70-71,75H,6-7,9,11-13,15,17-19,21,23-25,27,29,32,35,38,41-62,64,66-69H2,1-5H3,(H-,73,76,77,78)/p+1/b10-8-,16-14-,22-20-,28-26-,31-30-,34-33-,37-36-,40-39-,65-63+. The van der Waals surface area contributed by atoms with E-state index in [0.717, 1.165) is 89.9 Å². The monoisotopic (exact) mass is 1150 g/mol. The van der Waals surface area contributed by atoms with E-state index in [9.17, 15) is 19.4 Å². The fourth-order valence-corrected chi connectivity index (χ4v) is 10.3. The van der Waals surface area contributed by atoms with Gasteiger partial charge in [0, 0.05) is 6.42 Å². The fourth-order valence-electron chi connectivity index (χ4n) is 9.53. The molecule has 8 nitrogen and oxygen atoms in total. The summed E-state index contributed by atoms with van der Waals surface area (Å²) >= 11 is 0. The van der Waals surface area contributed by atoms with Crippen molar-refractivity contribution in [3.05, 3.63) is 109 Å². The molecule has 0 saturated carbocycles. The van der Waals surface area contributed by atoms with Gasteiger partial charge in [0.05, 0.1) is 39.9 Å². The minimum Gasteiger partial charge on any atom is -0.387 e. The van der Waals surface area contributed by atoms with Crippen molar-refractivity contribution in [2.75, 3.05) is 40.9 Å². The zero-order valence-electron chi connectivity index (χ0n) is 53.5. The number of likely N-dealkylation sites (N-methyl/N-ethyl adjacent to an activating group) is 1. The molecule has 0 aromatic carbocycles. The molecule has 0 aromatic heterocycles. The smallest absolute Gasteiger partial charge is 0.387 e. The maximum absolute atomic E-state index is 13.0. The number of hydrogen-bond acceptors (Lipinski definition) is 5. The van der Waals surface area contributed by atoms with E-state index >= 15 is 0 Å². The lowest BCUT2D eigenvalue weighted by Gasteiger charge is -2.25. The molecule has 1 amide bonds. The number of amides is 1. The minimum atomic E-state index is -4.36. The van der Waals surface area contributed by atoms with Crippen molar-refractivity contribution in [3.8, 4) is 0 Å².